The van der Waals surface area contributed by atoms with Crippen molar-refractivity contribution in [1.29, 1.82) is 0 Å². The molecule has 0 aliphatic carbocycles. The lowest BCUT2D eigenvalue weighted by Crippen LogP contribution is -2.30. The zero-order valence-electron chi connectivity index (χ0n) is 19.4. The Morgan fingerprint density at radius 3 is 2.15 bits per heavy atom. The molecule has 0 aromatic heterocycles. The Balaban J connectivity index is 1.63. The van der Waals surface area contributed by atoms with Crippen molar-refractivity contribution in [1.82, 2.24) is 0 Å². The second kappa shape index (κ2) is 11.0. The number of hydrogen-bond donors (Lipinski definition) is 2. The molecule has 172 valence electrons. The molecule has 5 nitrogen and oxygen atoms in total. The number of halogens is 1. The normalized spacial score (nSPS) is 11.5. The first-order valence-electron chi connectivity index (χ1n) is 11.1. The Morgan fingerprint density at radius 2 is 1.58 bits per heavy atom. The van der Waals surface area contributed by atoms with Crippen LogP contribution in [0.5, 0.6) is 5.75 Å². The Morgan fingerprint density at radius 1 is 0.939 bits per heavy atom. The van der Waals surface area contributed by atoms with Gasteiger partial charge in [0.1, 0.15) is 5.75 Å². The van der Waals surface area contributed by atoms with E-state index in [-0.39, 0.29) is 11.8 Å². The van der Waals surface area contributed by atoms with Crippen LogP contribution in [0, 0.1) is 6.92 Å². The molecular weight excluding hydrogens is 436 g/mol. The lowest BCUT2D eigenvalue weighted by molar-refractivity contribution is -0.122. The van der Waals surface area contributed by atoms with Crippen LogP contribution in [0.4, 0.5) is 11.4 Å². The third-order valence-corrected chi connectivity index (χ3v) is 5.88. The van der Waals surface area contributed by atoms with Gasteiger partial charge in [0.05, 0.1) is 0 Å². The highest BCUT2D eigenvalue weighted by atomic mass is 35.5. The van der Waals surface area contributed by atoms with E-state index in [0.717, 1.165) is 35.2 Å². The lowest BCUT2D eigenvalue weighted by atomic mass is 10.0. The summed E-state index contributed by atoms with van der Waals surface area (Å²) in [4.78, 5) is 25.3. The van der Waals surface area contributed by atoms with E-state index in [2.05, 4.69) is 24.5 Å². The van der Waals surface area contributed by atoms with Crippen molar-refractivity contribution in [3.63, 3.8) is 0 Å². The predicted octanol–water partition coefficient (Wildman–Crippen LogP) is 6.43. The van der Waals surface area contributed by atoms with E-state index in [1.807, 2.05) is 31.2 Å². The summed E-state index contributed by atoms with van der Waals surface area (Å²) in [5.74, 6) is 0.0264. The smallest absolute Gasteiger partial charge is 0.265 e. The minimum Gasteiger partial charge on any atom is -0.481 e. The van der Waals surface area contributed by atoms with Crippen molar-refractivity contribution < 1.29 is 14.3 Å². The molecule has 3 rings (SSSR count). The molecule has 1 unspecified atom stereocenters. The van der Waals surface area contributed by atoms with Crippen LogP contribution in [0.1, 0.15) is 47.8 Å². The molecule has 0 fully saturated rings. The molecule has 0 saturated carbocycles. The molecule has 33 heavy (non-hydrogen) atoms. The molecule has 0 aliphatic rings. The van der Waals surface area contributed by atoms with E-state index in [9.17, 15) is 9.59 Å². The fourth-order valence-corrected chi connectivity index (χ4v) is 3.63. The third kappa shape index (κ3) is 6.14. The molecule has 6 heteroatoms. The van der Waals surface area contributed by atoms with E-state index in [1.165, 1.54) is 0 Å². The molecule has 3 aromatic rings. The average Bonchev–Trinajstić information content (AvgIpc) is 2.81. The van der Waals surface area contributed by atoms with Crippen LogP contribution in [0.3, 0.4) is 0 Å². The van der Waals surface area contributed by atoms with Crippen molar-refractivity contribution in [2.45, 2.75) is 46.6 Å². The molecule has 0 spiro atoms. The number of aryl methyl sites for hydroxylation is 3. The van der Waals surface area contributed by atoms with Gasteiger partial charge in [-0.3, -0.25) is 9.59 Å². The number of carbonyl (C=O) groups excluding carboxylic acids is 2. The van der Waals surface area contributed by atoms with E-state index in [1.54, 1.807) is 43.3 Å². The number of ether oxygens (including phenoxy) is 1. The molecule has 0 radical (unpaired) electrons. The van der Waals surface area contributed by atoms with E-state index in [0.29, 0.717) is 22.0 Å². The summed E-state index contributed by atoms with van der Waals surface area (Å²) >= 11 is 6.12. The highest BCUT2D eigenvalue weighted by Crippen LogP contribution is 2.24. The van der Waals surface area contributed by atoms with Crippen LogP contribution in [0.2, 0.25) is 5.02 Å². The number of nitrogens with one attached hydrogen (secondary N) is 2. The summed E-state index contributed by atoms with van der Waals surface area (Å²) in [6.07, 6.45) is 0.948. The summed E-state index contributed by atoms with van der Waals surface area (Å²) < 4.78 is 5.75. The molecular formula is C27H29ClN2O3. The van der Waals surface area contributed by atoms with Crippen molar-refractivity contribution >= 4 is 34.8 Å². The molecule has 3 aromatic carbocycles. The van der Waals surface area contributed by atoms with Crippen LogP contribution >= 0.6 is 11.6 Å². The maximum atomic E-state index is 12.8. The second-order valence-electron chi connectivity index (χ2n) is 7.85. The molecule has 2 amide bonds. The SMILES string of the molecule is CCc1cccc(CC)c1NC(=O)c1ccc(OC(C)C(=O)Nc2ccc(C)c(Cl)c2)cc1. The van der Waals surface area contributed by atoms with Gasteiger partial charge >= 0.3 is 0 Å². The Bertz CT molecular complexity index is 1120. The Hall–Kier alpha value is -3.31. The zero-order valence-corrected chi connectivity index (χ0v) is 20.1. The highest BCUT2D eigenvalue weighted by molar-refractivity contribution is 6.31. The quantitative estimate of drug-likeness (QED) is 0.403. The number of amides is 2. The Kier molecular flexibility index (Phi) is 8.12. The lowest BCUT2D eigenvalue weighted by Gasteiger charge is -2.16. The van der Waals surface area contributed by atoms with Gasteiger partial charge in [-0.2, -0.15) is 0 Å². The second-order valence-corrected chi connectivity index (χ2v) is 8.26. The van der Waals surface area contributed by atoms with Crippen LogP contribution in [-0.2, 0) is 17.6 Å². The number of para-hydroxylation sites is 1. The van der Waals surface area contributed by atoms with Crippen LogP contribution in [-0.4, -0.2) is 17.9 Å². The average molecular weight is 465 g/mol. The fourth-order valence-electron chi connectivity index (χ4n) is 3.45. The van der Waals surface area contributed by atoms with Crippen LogP contribution in [0.25, 0.3) is 0 Å². The maximum Gasteiger partial charge on any atom is 0.265 e. The number of hydrogen-bond acceptors (Lipinski definition) is 3. The topological polar surface area (TPSA) is 67.4 Å². The highest BCUT2D eigenvalue weighted by Gasteiger charge is 2.16. The molecule has 0 saturated heterocycles. The van der Waals surface area contributed by atoms with E-state index < -0.39 is 6.10 Å². The summed E-state index contributed by atoms with van der Waals surface area (Å²) in [6, 6.07) is 18.2. The number of rotatable bonds is 8. The first kappa shape index (κ1) is 24.3. The summed E-state index contributed by atoms with van der Waals surface area (Å²) in [7, 11) is 0. The van der Waals surface area contributed by atoms with Gasteiger partial charge in [-0.25, -0.2) is 0 Å². The third-order valence-electron chi connectivity index (χ3n) is 5.48. The molecule has 0 heterocycles. The molecule has 0 aliphatic heterocycles. The maximum absolute atomic E-state index is 12.8. The fraction of sp³-hybridized carbons (Fsp3) is 0.259. The van der Waals surface area contributed by atoms with E-state index >= 15 is 0 Å². The first-order valence-corrected chi connectivity index (χ1v) is 11.5. The predicted molar refractivity (Wildman–Crippen MR) is 135 cm³/mol. The van der Waals surface area contributed by atoms with Crippen molar-refractivity contribution in [3.05, 3.63) is 87.9 Å². The van der Waals surface area contributed by atoms with Gasteiger partial charge < -0.3 is 15.4 Å². The van der Waals surface area contributed by atoms with E-state index in [4.69, 9.17) is 16.3 Å². The standard InChI is InChI=1S/C27H29ClN2O3/c1-5-19-8-7-9-20(6-2)25(19)30-27(32)21-11-14-23(15-12-21)33-18(4)26(31)29-22-13-10-17(3)24(28)16-22/h7-16,18H,5-6H2,1-4H3,(H,29,31)(H,30,32). The minimum absolute atomic E-state index is 0.181. The summed E-state index contributed by atoms with van der Waals surface area (Å²) in [5, 5.41) is 6.44. The zero-order chi connectivity index (χ0) is 24.0. The van der Waals surface area contributed by atoms with Gasteiger partial charge in [0.15, 0.2) is 6.10 Å². The van der Waals surface area contributed by atoms with Gasteiger partial charge in [-0.15, -0.1) is 0 Å². The number of anilines is 2. The summed E-state index contributed by atoms with van der Waals surface area (Å²) in [6.45, 7) is 7.71. The Labute approximate surface area is 200 Å². The molecule has 0 bridgehead atoms. The van der Waals surface area contributed by atoms with Gasteiger partial charge in [0.25, 0.3) is 11.8 Å². The number of benzene rings is 3. The largest absolute Gasteiger partial charge is 0.481 e. The molecule has 1 atom stereocenters. The molecule has 2 N–H and O–H groups in total. The van der Waals surface area contributed by atoms with Crippen LogP contribution in [0.15, 0.2) is 60.7 Å². The van der Waals surface area contributed by atoms with Gasteiger partial charge in [0.2, 0.25) is 0 Å². The summed E-state index contributed by atoms with van der Waals surface area (Å²) in [5.41, 5.74) is 5.16. The minimum atomic E-state index is -0.728. The number of carbonyl (C=O) groups is 2. The van der Waals surface area contributed by atoms with Crippen molar-refractivity contribution in [2.75, 3.05) is 10.6 Å². The van der Waals surface area contributed by atoms with Crippen molar-refractivity contribution in [2.24, 2.45) is 0 Å². The van der Waals surface area contributed by atoms with Crippen molar-refractivity contribution in [3.8, 4) is 5.75 Å². The van der Waals surface area contributed by atoms with Gasteiger partial charge in [-0.05, 0) is 79.8 Å². The van der Waals surface area contributed by atoms with Gasteiger partial charge in [-0.1, -0.05) is 49.7 Å². The monoisotopic (exact) mass is 464 g/mol. The van der Waals surface area contributed by atoms with Crippen LogP contribution < -0.4 is 15.4 Å². The van der Waals surface area contributed by atoms with Gasteiger partial charge in [0, 0.05) is 22.0 Å². The first-order chi connectivity index (χ1) is 15.8.